The van der Waals surface area contributed by atoms with Crippen molar-refractivity contribution in [2.45, 2.75) is 24.7 Å². The summed E-state index contributed by atoms with van der Waals surface area (Å²) in [6.07, 6.45) is 17.9. The van der Waals surface area contributed by atoms with E-state index in [0.717, 1.165) is 85.5 Å². The highest BCUT2D eigenvalue weighted by Gasteiger charge is 2.33. The van der Waals surface area contributed by atoms with Gasteiger partial charge in [0.1, 0.15) is 5.69 Å². The second-order valence-corrected chi connectivity index (χ2v) is 17.3. The number of para-hydroxylation sites is 1. The number of nitrogens with zero attached hydrogens (tertiary/aromatic N) is 4. The molecule has 13 rings (SSSR count). The van der Waals surface area contributed by atoms with Crippen molar-refractivity contribution >= 4 is 32.8 Å². The van der Waals surface area contributed by atoms with Crippen molar-refractivity contribution in [1.82, 2.24) is 19.6 Å². The summed E-state index contributed by atoms with van der Waals surface area (Å²) in [5.41, 5.74) is 19.4. The van der Waals surface area contributed by atoms with E-state index in [1.165, 1.54) is 44.2 Å². The zero-order chi connectivity index (χ0) is 42.8. The Bertz CT molecular complexity index is 3650. The monoisotopic (exact) mass is 830 g/mol. The van der Waals surface area contributed by atoms with Gasteiger partial charge in [-0.15, -0.1) is 0 Å². The summed E-state index contributed by atoms with van der Waals surface area (Å²) >= 11 is 0. The lowest BCUT2D eigenvalue weighted by Crippen LogP contribution is -2.16. The number of benzene rings is 7. The number of allylic oxidation sites excluding steroid dienone is 8. The largest absolute Gasteiger partial charge is 0.231 e. The van der Waals surface area contributed by atoms with E-state index >= 15 is 0 Å². The Morgan fingerprint density at radius 2 is 1.11 bits per heavy atom. The number of hydrogen-bond donors (Lipinski definition) is 0. The third kappa shape index (κ3) is 6.09. The predicted octanol–water partition coefficient (Wildman–Crippen LogP) is 15.5. The highest BCUT2D eigenvalue weighted by Crippen LogP contribution is 2.51. The summed E-state index contributed by atoms with van der Waals surface area (Å²) < 4.78 is 2.27. The second-order valence-electron chi connectivity index (χ2n) is 17.3. The van der Waals surface area contributed by atoms with Crippen LogP contribution in [-0.4, -0.2) is 19.6 Å². The Labute approximate surface area is 377 Å². The van der Waals surface area contributed by atoms with Crippen LogP contribution in [0.15, 0.2) is 218 Å². The number of fused-ring (bicyclic) bond motifs is 10. The van der Waals surface area contributed by atoms with Crippen LogP contribution >= 0.6 is 0 Å². The molecule has 3 aliphatic carbocycles. The molecule has 2 unspecified atom stereocenters. The van der Waals surface area contributed by atoms with Crippen molar-refractivity contribution in [3.8, 4) is 67.4 Å². The topological polar surface area (TPSA) is 43.1 Å². The van der Waals surface area contributed by atoms with Crippen LogP contribution in [0.1, 0.15) is 41.4 Å². The van der Waals surface area contributed by atoms with Crippen LogP contribution in [-0.2, 0) is 0 Å². The minimum absolute atomic E-state index is 0.298. The summed E-state index contributed by atoms with van der Waals surface area (Å²) in [4.78, 5) is 10.2. The molecule has 4 nitrogen and oxygen atoms in total. The van der Waals surface area contributed by atoms with Crippen LogP contribution in [0, 0.1) is 0 Å². The Morgan fingerprint density at radius 1 is 0.462 bits per heavy atom. The van der Waals surface area contributed by atoms with Crippen LogP contribution in [0.4, 0.5) is 0 Å². The van der Waals surface area contributed by atoms with Crippen molar-refractivity contribution in [3.05, 3.63) is 235 Å². The maximum Gasteiger partial charge on any atom is 0.160 e. The molecule has 0 bridgehead atoms. The van der Waals surface area contributed by atoms with Crippen LogP contribution < -0.4 is 0 Å². The minimum atomic E-state index is 0.298. The fraction of sp³-hybridized carbons (Fsp3) is 0.0656. The summed E-state index contributed by atoms with van der Waals surface area (Å²) in [7, 11) is 0. The van der Waals surface area contributed by atoms with Crippen molar-refractivity contribution < 1.29 is 0 Å². The van der Waals surface area contributed by atoms with Crippen LogP contribution in [0.25, 0.3) is 100 Å². The molecule has 3 aromatic heterocycles. The zero-order valence-corrected chi connectivity index (χ0v) is 35.6. The fourth-order valence-corrected chi connectivity index (χ4v) is 10.7. The molecule has 0 N–H and O–H groups in total. The molecule has 0 amide bonds. The first-order valence-electron chi connectivity index (χ1n) is 22.7. The van der Waals surface area contributed by atoms with Crippen molar-refractivity contribution in [3.63, 3.8) is 0 Å². The third-order valence-electron chi connectivity index (χ3n) is 13.7. The van der Waals surface area contributed by atoms with E-state index in [1.54, 1.807) is 0 Å². The lowest BCUT2D eigenvalue weighted by molar-refractivity contribution is 0.720. The summed E-state index contributed by atoms with van der Waals surface area (Å²) in [6, 6.07) is 63.3. The highest BCUT2D eigenvalue weighted by molar-refractivity contribution is 6.13. The molecule has 3 heterocycles. The molecular weight excluding hydrogens is 789 g/mol. The molecule has 4 heteroatoms. The standard InChI is InChI=1S/C61H42N4/c1-4-18-39(19-5-1)56-58(44-36-37-49-47-26-11-10-24-45(47)46-25-12-13-27-48(46)53(49)38-44)64-65-59(42-20-6-2-7-21-42)55(50-28-14-15-29-51(50)60(56)65)40-32-34-41(35-33-40)57-52-30-16-17-31-54(52)62-61(63-57)43-22-8-3-9-23-43/h1-4,6-18,20-38,45,47H,5,19H2. The molecule has 0 aliphatic heterocycles. The highest BCUT2D eigenvalue weighted by atomic mass is 15.2. The van der Waals surface area contributed by atoms with Gasteiger partial charge in [0.05, 0.1) is 22.4 Å². The number of rotatable bonds is 6. The molecule has 0 spiro atoms. The van der Waals surface area contributed by atoms with Gasteiger partial charge in [-0.2, -0.15) is 5.10 Å². The summed E-state index contributed by atoms with van der Waals surface area (Å²) in [5.74, 6) is 1.35. The van der Waals surface area contributed by atoms with Crippen LogP contribution in [0.3, 0.4) is 0 Å². The molecule has 3 aliphatic rings. The fourth-order valence-electron chi connectivity index (χ4n) is 10.7. The van der Waals surface area contributed by atoms with Gasteiger partial charge in [-0.05, 0) is 63.8 Å². The molecule has 0 saturated carbocycles. The lowest BCUT2D eigenvalue weighted by Gasteiger charge is -2.34. The zero-order valence-electron chi connectivity index (χ0n) is 35.6. The SMILES string of the molecule is C1=CCCC(c2c(-c3ccc4c(c3)-c3ccccc3C3C=CC=CC43)nn3c(-c4ccccc4)c(-c4ccc(-c5nc(-c6ccccc6)nc6ccccc56)cc4)c4ccccc4c23)=C1. The molecule has 2 atom stereocenters. The Hall–Kier alpha value is -8.21. The van der Waals surface area contributed by atoms with E-state index in [1.807, 2.05) is 24.3 Å². The van der Waals surface area contributed by atoms with Gasteiger partial charge in [-0.3, -0.25) is 0 Å². The Morgan fingerprint density at radius 3 is 1.88 bits per heavy atom. The minimum Gasteiger partial charge on any atom is -0.231 e. The van der Waals surface area contributed by atoms with Crippen molar-refractivity contribution in [1.29, 1.82) is 0 Å². The molecule has 0 saturated heterocycles. The van der Waals surface area contributed by atoms with Crippen molar-refractivity contribution in [2.75, 3.05) is 0 Å². The molecular formula is C61H42N4. The molecule has 306 valence electrons. The molecule has 10 aromatic rings. The van der Waals surface area contributed by atoms with E-state index in [0.29, 0.717) is 11.8 Å². The first-order valence-corrected chi connectivity index (χ1v) is 22.7. The third-order valence-corrected chi connectivity index (χ3v) is 13.7. The lowest BCUT2D eigenvalue weighted by atomic mass is 9.69. The van der Waals surface area contributed by atoms with Gasteiger partial charge in [0.15, 0.2) is 5.82 Å². The smallest absolute Gasteiger partial charge is 0.160 e. The van der Waals surface area contributed by atoms with E-state index in [9.17, 15) is 0 Å². The van der Waals surface area contributed by atoms with E-state index in [2.05, 4.69) is 199 Å². The van der Waals surface area contributed by atoms with Gasteiger partial charge < -0.3 is 0 Å². The number of aromatic nitrogens is 4. The van der Waals surface area contributed by atoms with E-state index in [-0.39, 0.29) is 0 Å². The predicted molar refractivity (Wildman–Crippen MR) is 269 cm³/mol. The number of hydrogen-bond acceptors (Lipinski definition) is 3. The van der Waals surface area contributed by atoms with E-state index in [4.69, 9.17) is 15.1 Å². The summed E-state index contributed by atoms with van der Waals surface area (Å²) in [5, 5.41) is 9.19. The van der Waals surface area contributed by atoms with Gasteiger partial charge in [-0.25, -0.2) is 14.5 Å². The average Bonchev–Trinajstić information content (AvgIpc) is 3.79. The summed E-state index contributed by atoms with van der Waals surface area (Å²) in [6.45, 7) is 0. The molecule has 0 radical (unpaired) electrons. The Balaban J connectivity index is 1.06. The van der Waals surface area contributed by atoms with Crippen LogP contribution in [0.5, 0.6) is 0 Å². The maximum atomic E-state index is 5.80. The van der Waals surface area contributed by atoms with Gasteiger partial charge >= 0.3 is 0 Å². The maximum absolute atomic E-state index is 5.80. The van der Waals surface area contributed by atoms with Gasteiger partial charge in [0.25, 0.3) is 0 Å². The number of pyridine rings is 1. The molecule has 7 aromatic carbocycles. The first-order chi connectivity index (χ1) is 32.3. The normalized spacial score (nSPS) is 16.1. The quantitative estimate of drug-likeness (QED) is 0.168. The second kappa shape index (κ2) is 15.3. The van der Waals surface area contributed by atoms with Crippen LogP contribution in [0.2, 0.25) is 0 Å². The first kappa shape index (κ1) is 37.4. The van der Waals surface area contributed by atoms with E-state index < -0.39 is 0 Å². The van der Waals surface area contributed by atoms with Gasteiger partial charge in [-0.1, -0.05) is 206 Å². The molecule has 0 fully saturated rings. The Kier molecular flexibility index (Phi) is 8.76. The van der Waals surface area contributed by atoms with Crippen molar-refractivity contribution in [2.24, 2.45) is 0 Å². The molecule has 65 heavy (non-hydrogen) atoms. The average molecular weight is 831 g/mol. The van der Waals surface area contributed by atoms with Gasteiger partial charge in [0, 0.05) is 56.0 Å². The van der Waals surface area contributed by atoms with Gasteiger partial charge in [0.2, 0.25) is 0 Å².